The van der Waals surface area contributed by atoms with Crippen molar-refractivity contribution in [3.63, 3.8) is 0 Å². The molecular weight excluding hydrogens is 693 g/mol. The van der Waals surface area contributed by atoms with Crippen LogP contribution in [0.3, 0.4) is 0 Å². The molecule has 2 aromatic heterocycles. The Kier molecular flexibility index (Phi) is 6.30. The van der Waals surface area contributed by atoms with E-state index in [-0.39, 0.29) is 22.0 Å². The van der Waals surface area contributed by atoms with Gasteiger partial charge in [-0.2, -0.15) is 0 Å². The Morgan fingerprint density at radius 2 is 0.911 bits per heavy atom. The topological polar surface area (TPSA) is 84.5 Å². The van der Waals surface area contributed by atoms with Crippen LogP contribution in [0, 0.1) is 0 Å². The van der Waals surface area contributed by atoms with Gasteiger partial charge in [0, 0.05) is 32.4 Å². The number of hydrogen-bond acceptors (Lipinski definition) is 2. The van der Waals surface area contributed by atoms with Crippen molar-refractivity contribution in [3.8, 4) is 33.6 Å². The standard InChI is InChI=1S/C50H36N2O4/c1-49(2)37-13-5-7-17-42(37)51-41-22-20-27(23-34(41)31-12-10-16-40(49)46(31)51)32-25-36(48(55)56)33(26-35(32)47(53)54)28-19-21-29-30-11-9-15-39-45(30)52(44(29)24-28)43-18-8-6-14-38(43)50(39,3)4/h5-26H,1-4H3,(H,53,54)(H,55,56). The lowest BCUT2D eigenvalue weighted by Gasteiger charge is -2.34. The molecule has 0 aliphatic carbocycles. The van der Waals surface area contributed by atoms with Gasteiger partial charge in [0.1, 0.15) is 0 Å². The van der Waals surface area contributed by atoms with Crippen LogP contribution in [0.1, 0.15) is 70.7 Å². The van der Waals surface area contributed by atoms with Crippen LogP contribution in [0.4, 0.5) is 0 Å². The minimum absolute atomic E-state index is 0.0414. The van der Waals surface area contributed by atoms with E-state index in [1.165, 1.54) is 22.3 Å². The van der Waals surface area contributed by atoms with Crippen LogP contribution in [-0.2, 0) is 10.8 Å². The molecule has 0 atom stereocenters. The lowest BCUT2D eigenvalue weighted by atomic mass is 9.75. The zero-order valence-corrected chi connectivity index (χ0v) is 31.3. The summed E-state index contributed by atoms with van der Waals surface area (Å²) in [6, 6.07) is 44.8. The Bertz CT molecular complexity index is 3270. The predicted octanol–water partition coefficient (Wildman–Crippen LogP) is 11.9. The molecule has 9 aromatic rings. The maximum atomic E-state index is 13.2. The minimum Gasteiger partial charge on any atom is -0.478 e. The number of benzene rings is 7. The van der Waals surface area contributed by atoms with E-state index in [2.05, 4.69) is 116 Å². The molecule has 0 bridgehead atoms. The third-order valence-corrected chi connectivity index (χ3v) is 12.8. The van der Waals surface area contributed by atoms with Gasteiger partial charge in [-0.1, -0.05) is 119 Å². The van der Waals surface area contributed by atoms with E-state index in [1.807, 2.05) is 42.5 Å². The molecule has 270 valence electrons. The van der Waals surface area contributed by atoms with E-state index in [1.54, 1.807) is 12.1 Å². The molecular formula is C50H36N2O4. The van der Waals surface area contributed by atoms with Gasteiger partial charge in [-0.05, 0) is 87.0 Å². The molecule has 0 unspecified atom stereocenters. The summed E-state index contributed by atoms with van der Waals surface area (Å²) in [4.78, 5) is 26.3. The molecule has 6 nitrogen and oxygen atoms in total. The molecule has 0 amide bonds. The first-order chi connectivity index (χ1) is 27.0. The number of nitrogens with zero attached hydrogens (tertiary/aromatic N) is 2. The van der Waals surface area contributed by atoms with E-state index >= 15 is 0 Å². The Hall–Kier alpha value is -6.92. The van der Waals surface area contributed by atoms with E-state index < -0.39 is 11.9 Å². The highest BCUT2D eigenvalue weighted by atomic mass is 16.4. The number of fused-ring (bicyclic) bond motifs is 10. The molecule has 2 aliphatic rings. The Balaban J connectivity index is 1.14. The van der Waals surface area contributed by atoms with E-state index in [4.69, 9.17) is 0 Å². The SMILES string of the molecule is CC1(C)c2ccccc2-n2c3ccc(-c4cc(C(=O)O)c(-c5ccc6c7cccc8c7n(c6c5)-c5ccccc5C8(C)C)cc4C(=O)O)cc3c3cccc1c32. The number of carbonyl (C=O) groups is 2. The average Bonchev–Trinajstić information content (AvgIpc) is 3.71. The molecule has 4 heterocycles. The lowest BCUT2D eigenvalue weighted by Crippen LogP contribution is -2.26. The predicted molar refractivity (Wildman–Crippen MR) is 224 cm³/mol. The molecule has 56 heavy (non-hydrogen) atoms. The molecule has 11 rings (SSSR count). The molecule has 0 spiro atoms. The Labute approximate surface area is 322 Å². The van der Waals surface area contributed by atoms with Crippen molar-refractivity contribution >= 4 is 55.6 Å². The number of hydrogen-bond donors (Lipinski definition) is 2. The molecule has 6 heteroatoms. The summed E-state index contributed by atoms with van der Waals surface area (Å²) in [6.07, 6.45) is 0. The van der Waals surface area contributed by atoms with Crippen molar-refractivity contribution in [2.24, 2.45) is 0 Å². The second kappa shape index (κ2) is 10.9. The van der Waals surface area contributed by atoms with Crippen molar-refractivity contribution in [2.75, 3.05) is 0 Å². The molecule has 7 aromatic carbocycles. The maximum absolute atomic E-state index is 13.2. The second-order valence-electron chi connectivity index (χ2n) is 16.4. The molecule has 0 saturated carbocycles. The van der Waals surface area contributed by atoms with Gasteiger partial charge in [0.15, 0.2) is 0 Å². The number of para-hydroxylation sites is 4. The average molecular weight is 729 g/mol. The van der Waals surface area contributed by atoms with Crippen molar-refractivity contribution in [2.45, 2.75) is 38.5 Å². The van der Waals surface area contributed by atoms with E-state index in [0.717, 1.165) is 55.0 Å². The molecule has 2 N–H and O–H groups in total. The monoisotopic (exact) mass is 728 g/mol. The highest BCUT2D eigenvalue weighted by molar-refractivity contribution is 6.15. The number of aromatic nitrogens is 2. The van der Waals surface area contributed by atoms with Crippen molar-refractivity contribution in [1.82, 2.24) is 9.13 Å². The van der Waals surface area contributed by atoms with Gasteiger partial charge in [0.25, 0.3) is 0 Å². The van der Waals surface area contributed by atoms with Crippen molar-refractivity contribution < 1.29 is 19.8 Å². The fourth-order valence-electron chi connectivity index (χ4n) is 10.1. The van der Waals surface area contributed by atoms with Crippen molar-refractivity contribution in [1.29, 1.82) is 0 Å². The first-order valence-corrected chi connectivity index (χ1v) is 19.0. The van der Waals surface area contributed by atoms with Gasteiger partial charge in [-0.15, -0.1) is 0 Å². The molecule has 0 fully saturated rings. The third-order valence-electron chi connectivity index (χ3n) is 12.8. The third kappa shape index (κ3) is 4.05. The summed E-state index contributed by atoms with van der Waals surface area (Å²) < 4.78 is 4.59. The Morgan fingerprint density at radius 3 is 1.46 bits per heavy atom. The van der Waals surface area contributed by atoms with E-state index in [9.17, 15) is 19.8 Å². The zero-order chi connectivity index (χ0) is 38.4. The summed E-state index contributed by atoms with van der Waals surface area (Å²) >= 11 is 0. The summed E-state index contributed by atoms with van der Waals surface area (Å²) in [7, 11) is 0. The Morgan fingerprint density at radius 1 is 0.446 bits per heavy atom. The molecule has 2 aliphatic heterocycles. The number of aromatic carboxylic acids is 2. The summed E-state index contributed by atoms with van der Waals surface area (Å²) in [5, 5.41) is 25.7. The number of carboxylic acid groups (broad SMARTS) is 2. The number of rotatable bonds is 4. The largest absolute Gasteiger partial charge is 0.478 e. The van der Waals surface area contributed by atoms with Crippen LogP contribution in [0.25, 0.3) is 77.2 Å². The van der Waals surface area contributed by atoms with E-state index in [0.29, 0.717) is 22.3 Å². The van der Waals surface area contributed by atoms with Gasteiger partial charge in [0.05, 0.1) is 44.6 Å². The molecule has 0 radical (unpaired) electrons. The fraction of sp³-hybridized carbons (Fsp3) is 0.120. The summed E-state index contributed by atoms with van der Waals surface area (Å²) in [6.45, 7) is 9.02. The summed E-state index contributed by atoms with van der Waals surface area (Å²) in [5.41, 5.74) is 13.0. The normalized spacial score (nSPS) is 14.6. The quantitative estimate of drug-likeness (QED) is 0.189. The number of carboxylic acids is 2. The first kappa shape index (κ1) is 32.5. The van der Waals surface area contributed by atoms with Gasteiger partial charge < -0.3 is 19.3 Å². The second-order valence-corrected chi connectivity index (χ2v) is 16.4. The highest BCUT2D eigenvalue weighted by Crippen LogP contribution is 2.50. The lowest BCUT2D eigenvalue weighted by molar-refractivity contribution is 0.0682. The van der Waals surface area contributed by atoms with Crippen LogP contribution >= 0.6 is 0 Å². The zero-order valence-electron chi connectivity index (χ0n) is 31.3. The van der Waals surface area contributed by atoms with Crippen LogP contribution in [0.2, 0.25) is 0 Å². The minimum atomic E-state index is -1.12. The van der Waals surface area contributed by atoms with Gasteiger partial charge in [0.2, 0.25) is 0 Å². The van der Waals surface area contributed by atoms with Gasteiger partial charge in [-0.25, -0.2) is 9.59 Å². The van der Waals surface area contributed by atoms with Crippen LogP contribution in [0.15, 0.2) is 133 Å². The van der Waals surface area contributed by atoms with Crippen LogP contribution in [-0.4, -0.2) is 31.3 Å². The fourth-order valence-corrected chi connectivity index (χ4v) is 10.1. The molecule has 0 saturated heterocycles. The van der Waals surface area contributed by atoms with Crippen molar-refractivity contribution in [3.05, 3.63) is 167 Å². The van der Waals surface area contributed by atoms with Gasteiger partial charge >= 0.3 is 11.9 Å². The first-order valence-electron chi connectivity index (χ1n) is 19.0. The van der Waals surface area contributed by atoms with Crippen LogP contribution in [0.5, 0.6) is 0 Å². The maximum Gasteiger partial charge on any atom is 0.336 e. The van der Waals surface area contributed by atoms with Gasteiger partial charge in [-0.3, -0.25) is 0 Å². The highest BCUT2D eigenvalue weighted by Gasteiger charge is 2.36. The smallest absolute Gasteiger partial charge is 0.336 e. The summed E-state index contributed by atoms with van der Waals surface area (Å²) in [5.74, 6) is -2.25. The van der Waals surface area contributed by atoms with Crippen LogP contribution < -0.4 is 0 Å².